The molecule has 2 heterocycles. The molecule has 0 bridgehead atoms. The Morgan fingerprint density at radius 2 is 0.961 bits per heavy atom. The van der Waals surface area contributed by atoms with Crippen LogP contribution in [0, 0.1) is 0 Å². The van der Waals surface area contributed by atoms with Crippen molar-refractivity contribution in [2.24, 2.45) is 22.9 Å². The summed E-state index contributed by atoms with van der Waals surface area (Å²) < 4.78 is 0. The zero-order chi connectivity index (χ0) is 37.6. The second-order valence-corrected chi connectivity index (χ2v) is 11.6. The first-order chi connectivity index (χ1) is 23.7. The number of carboxylic acids is 2. The summed E-state index contributed by atoms with van der Waals surface area (Å²) in [5, 5.41) is 32.3. The molecule has 2 aromatic rings. The standard InChI is InChI=1S/2C15H26N6O4.Mn/c2*1-9(17)13(22)21-12(6-10-7-18-8-19-10)14(23)20-11(15(24)25)4-2-3-5-16;/h2*7-9,11-12H,2-6,16-17H2,1H3,(H,18,19)(H,20,23)(H,21,22)(H,24,25);/q;;+2/p-2/t2*9-,11-,12-;/m00./s1. The zero-order valence-electron chi connectivity index (χ0n) is 28.7. The molecule has 14 N–H and O–H groups in total. The van der Waals surface area contributed by atoms with Gasteiger partial charge in [-0.15, -0.1) is 0 Å². The van der Waals surface area contributed by atoms with Gasteiger partial charge < -0.3 is 74.0 Å². The molecule has 0 saturated heterocycles. The Bertz CT molecular complexity index is 1230. The third kappa shape index (κ3) is 19.0. The maximum absolute atomic E-state index is 12.5. The number of aliphatic carboxylic acids is 2. The average Bonchev–Trinajstić information content (AvgIpc) is 3.78. The van der Waals surface area contributed by atoms with Gasteiger partial charge in [-0.25, -0.2) is 9.97 Å². The van der Waals surface area contributed by atoms with Gasteiger partial charge in [-0.05, 0) is 65.5 Å². The number of rotatable bonds is 22. The SMILES string of the molecule is C[C@H](N)C(=O)N[C@@H](Cc1cnc[nH]1)C(=O)N[C@@H](CCCCN)C(=O)[O-].C[C@H](N)C(=O)N[C@@H](Cc1cnc[nH]1)C(=O)N[C@@H](CCCCN)C(=O)[O-].[Mn+2]. The van der Waals surface area contributed by atoms with Gasteiger partial charge in [0.25, 0.3) is 0 Å². The number of carboxylic acid groups (broad SMARTS) is 2. The van der Waals surface area contributed by atoms with E-state index in [1.165, 1.54) is 38.9 Å². The second-order valence-electron chi connectivity index (χ2n) is 11.6. The molecule has 0 aliphatic heterocycles. The molecule has 1 radical (unpaired) electrons. The van der Waals surface area contributed by atoms with E-state index in [2.05, 4.69) is 41.2 Å². The quantitative estimate of drug-likeness (QED) is 0.0395. The van der Waals surface area contributed by atoms with Crippen molar-refractivity contribution in [2.75, 3.05) is 13.1 Å². The molecule has 6 atom stereocenters. The van der Waals surface area contributed by atoms with Gasteiger partial charge in [0.05, 0.1) is 48.8 Å². The third-order valence-electron chi connectivity index (χ3n) is 7.15. The first-order valence-electron chi connectivity index (χ1n) is 16.2. The van der Waals surface area contributed by atoms with Gasteiger partial charge in [-0.3, -0.25) is 19.2 Å². The summed E-state index contributed by atoms with van der Waals surface area (Å²) >= 11 is 0. The van der Waals surface area contributed by atoms with Crippen LogP contribution in [-0.2, 0) is 58.7 Å². The predicted octanol–water partition coefficient (Wildman–Crippen LogP) is -5.71. The van der Waals surface area contributed by atoms with Crippen molar-refractivity contribution in [1.29, 1.82) is 0 Å². The van der Waals surface area contributed by atoms with Crippen molar-refractivity contribution in [3.05, 3.63) is 36.4 Å². The van der Waals surface area contributed by atoms with Crippen molar-refractivity contribution in [3.8, 4) is 0 Å². The van der Waals surface area contributed by atoms with Crippen LogP contribution in [0.5, 0.6) is 0 Å². The number of imidazole rings is 2. The summed E-state index contributed by atoms with van der Waals surface area (Å²) in [7, 11) is 0. The van der Waals surface area contributed by atoms with Crippen molar-refractivity contribution in [1.82, 2.24) is 41.2 Å². The van der Waals surface area contributed by atoms with E-state index in [1.807, 2.05) is 0 Å². The number of carbonyl (C=O) groups is 6. The van der Waals surface area contributed by atoms with E-state index in [0.29, 0.717) is 50.2 Å². The first-order valence-corrected chi connectivity index (χ1v) is 16.2. The minimum Gasteiger partial charge on any atom is -0.548 e. The normalized spacial score (nSPS) is 14.1. The van der Waals surface area contributed by atoms with Gasteiger partial charge in [0.1, 0.15) is 12.1 Å². The predicted molar refractivity (Wildman–Crippen MR) is 175 cm³/mol. The molecule has 2 rings (SSSR count). The van der Waals surface area contributed by atoms with E-state index in [0.717, 1.165) is 0 Å². The number of hydrogen-bond donors (Lipinski definition) is 10. The fraction of sp³-hybridized carbons (Fsp3) is 0.600. The van der Waals surface area contributed by atoms with Crippen molar-refractivity contribution >= 4 is 35.6 Å². The Balaban J connectivity index is 0.000000962. The van der Waals surface area contributed by atoms with Crippen molar-refractivity contribution in [2.45, 2.75) is 101 Å². The van der Waals surface area contributed by atoms with Crippen LogP contribution in [0.3, 0.4) is 0 Å². The number of unbranched alkanes of at least 4 members (excludes halogenated alkanes) is 2. The van der Waals surface area contributed by atoms with Crippen LogP contribution in [0.15, 0.2) is 25.0 Å². The molecule has 285 valence electrons. The van der Waals surface area contributed by atoms with E-state index < -0.39 is 71.8 Å². The van der Waals surface area contributed by atoms with Crippen molar-refractivity contribution < 1.29 is 56.0 Å². The molecular weight excluding hydrogens is 711 g/mol. The number of H-pyrrole nitrogens is 2. The molecule has 4 amide bonds. The van der Waals surface area contributed by atoms with E-state index in [9.17, 15) is 39.0 Å². The van der Waals surface area contributed by atoms with Crippen LogP contribution in [0.25, 0.3) is 0 Å². The minimum atomic E-state index is -1.39. The van der Waals surface area contributed by atoms with E-state index in [-0.39, 0.29) is 42.8 Å². The molecule has 0 unspecified atom stereocenters. The minimum absolute atomic E-state index is 0. The Labute approximate surface area is 306 Å². The molecule has 0 aliphatic carbocycles. The average molecular weight is 762 g/mol. The van der Waals surface area contributed by atoms with Gasteiger partial charge in [0.15, 0.2) is 0 Å². The number of nitrogens with one attached hydrogen (secondary N) is 6. The summed E-state index contributed by atoms with van der Waals surface area (Å²) in [4.78, 5) is 84.4. The number of aromatic amines is 2. The Kier molecular flexibility index (Phi) is 23.3. The van der Waals surface area contributed by atoms with Gasteiger partial charge >= 0.3 is 17.1 Å². The van der Waals surface area contributed by atoms with Crippen LogP contribution in [-0.4, -0.2) is 105 Å². The smallest absolute Gasteiger partial charge is 0.548 e. The van der Waals surface area contributed by atoms with Gasteiger partial charge in [-0.2, -0.15) is 0 Å². The summed E-state index contributed by atoms with van der Waals surface area (Å²) in [5.74, 6) is -5.08. The number of aromatic nitrogens is 4. The molecule has 0 aliphatic rings. The maximum Gasteiger partial charge on any atom is 2.00 e. The topological polar surface area (TPSA) is 358 Å². The molecular formula is C30H50MnN12O8. The van der Waals surface area contributed by atoms with Gasteiger partial charge in [0, 0.05) is 36.6 Å². The molecule has 21 heteroatoms. The molecule has 51 heavy (non-hydrogen) atoms. The van der Waals surface area contributed by atoms with Crippen LogP contribution in [0.1, 0.15) is 63.8 Å². The molecule has 0 spiro atoms. The largest absolute Gasteiger partial charge is 2.00 e. The summed E-state index contributed by atoms with van der Waals surface area (Å²) in [6.45, 7) is 3.83. The maximum atomic E-state index is 12.5. The summed E-state index contributed by atoms with van der Waals surface area (Å²) in [6.07, 6.45) is 8.87. The van der Waals surface area contributed by atoms with Crippen LogP contribution < -0.4 is 54.4 Å². The number of amides is 4. The number of nitrogens with two attached hydrogens (primary N) is 4. The van der Waals surface area contributed by atoms with Gasteiger partial charge in [-0.1, -0.05) is 0 Å². The Morgan fingerprint density at radius 3 is 1.22 bits per heavy atom. The summed E-state index contributed by atoms with van der Waals surface area (Å²) in [5.41, 5.74) is 23.0. The number of carbonyl (C=O) groups excluding carboxylic acids is 6. The molecule has 0 fully saturated rings. The number of nitrogens with zero attached hydrogens (tertiary/aromatic N) is 2. The molecule has 20 nitrogen and oxygen atoms in total. The Hall–Kier alpha value is -4.40. The fourth-order valence-corrected chi connectivity index (χ4v) is 4.29. The monoisotopic (exact) mass is 761 g/mol. The van der Waals surface area contributed by atoms with Gasteiger partial charge in [0.2, 0.25) is 23.6 Å². The van der Waals surface area contributed by atoms with Crippen molar-refractivity contribution in [3.63, 3.8) is 0 Å². The van der Waals surface area contributed by atoms with Crippen LogP contribution in [0.2, 0.25) is 0 Å². The third-order valence-corrected chi connectivity index (χ3v) is 7.15. The molecule has 0 saturated carbocycles. The molecule has 2 aromatic heterocycles. The molecule has 0 aromatic carbocycles. The van der Waals surface area contributed by atoms with Crippen LogP contribution in [0.4, 0.5) is 0 Å². The summed E-state index contributed by atoms with van der Waals surface area (Å²) in [6, 6.07) is -5.91. The number of hydrogen-bond acceptors (Lipinski definition) is 14. The second kappa shape index (κ2) is 25.5. The fourth-order valence-electron chi connectivity index (χ4n) is 4.29. The van der Waals surface area contributed by atoms with Crippen LogP contribution >= 0.6 is 0 Å². The van der Waals surface area contributed by atoms with E-state index >= 15 is 0 Å². The first kappa shape index (κ1) is 46.6. The zero-order valence-corrected chi connectivity index (χ0v) is 29.9. The Morgan fingerprint density at radius 1 is 0.627 bits per heavy atom. The van der Waals surface area contributed by atoms with E-state index in [1.54, 1.807) is 0 Å². The van der Waals surface area contributed by atoms with E-state index in [4.69, 9.17) is 22.9 Å².